The maximum Gasteiger partial charge on any atom is 0.326 e. The highest BCUT2D eigenvalue weighted by Crippen LogP contribution is 1.95. The molecule has 3 N–H and O–H groups in total. The predicted octanol–water partition coefficient (Wildman–Crippen LogP) is -0.273. The third kappa shape index (κ3) is 7.98. The van der Waals surface area contributed by atoms with Gasteiger partial charge in [-0.1, -0.05) is 0 Å². The number of methoxy groups -OCH3 is 1. The summed E-state index contributed by atoms with van der Waals surface area (Å²) in [5, 5.41) is 13.6. The van der Waals surface area contributed by atoms with E-state index in [-0.39, 0.29) is 6.04 Å². The highest BCUT2D eigenvalue weighted by molar-refractivity contribution is 5.86. The van der Waals surface area contributed by atoms with E-state index in [1.165, 1.54) is 0 Å². The molecule has 19 heavy (non-hydrogen) atoms. The maximum absolute atomic E-state index is 11.5. The summed E-state index contributed by atoms with van der Waals surface area (Å²) in [7, 11) is 1.14. The minimum atomic E-state index is -1.33. The van der Waals surface area contributed by atoms with Crippen LogP contribution in [0.3, 0.4) is 0 Å². The van der Waals surface area contributed by atoms with Crippen LogP contribution in [0.4, 0.5) is 4.79 Å². The Morgan fingerprint density at radius 2 is 1.89 bits per heavy atom. The SMILES string of the molecule is CCOCC(C)NC(=O)N[C@@H](CC(=O)OC)C(=O)O. The van der Waals surface area contributed by atoms with Crippen molar-refractivity contribution in [2.24, 2.45) is 0 Å². The number of urea groups is 1. The number of amides is 2. The van der Waals surface area contributed by atoms with Crippen molar-refractivity contribution in [2.45, 2.75) is 32.4 Å². The fourth-order valence-electron chi connectivity index (χ4n) is 1.21. The number of aliphatic carboxylic acids is 1. The quantitative estimate of drug-likeness (QED) is 0.526. The Kier molecular flexibility index (Phi) is 8.27. The Bertz CT molecular complexity index is 320. The molecule has 1 unspecified atom stereocenters. The standard InChI is InChI=1S/C11H20N2O6/c1-4-19-6-7(2)12-11(17)13-8(10(15)16)5-9(14)18-3/h7-8H,4-6H2,1-3H3,(H,15,16)(H2,12,13,17)/t7?,8-/m0/s1. The lowest BCUT2D eigenvalue weighted by atomic mass is 10.2. The molecule has 0 aliphatic carbocycles. The first-order valence-corrected chi connectivity index (χ1v) is 5.85. The van der Waals surface area contributed by atoms with Gasteiger partial charge in [-0.05, 0) is 13.8 Å². The Morgan fingerprint density at radius 1 is 1.26 bits per heavy atom. The predicted molar refractivity (Wildman–Crippen MR) is 65.7 cm³/mol. The molecule has 8 heteroatoms. The van der Waals surface area contributed by atoms with Gasteiger partial charge >= 0.3 is 18.0 Å². The van der Waals surface area contributed by atoms with Gasteiger partial charge in [0.2, 0.25) is 0 Å². The Morgan fingerprint density at radius 3 is 2.37 bits per heavy atom. The van der Waals surface area contributed by atoms with Crippen molar-refractivity contribution in [3.05, 3.63) is 0 Å². The average molecular weight is 276 g/mol. The molecule has 0 saturated heterocycles. The Balaban J connectivity index is 4.24. The topological polar surface area (TPSA) is 114 Å². The van der Waals surface area contributed by atoms with Crippen LogP contribution < -0.4 is 10.6 Å². The second-order valence-electron chi connectivity index (χ2n) is 3.85. The third-order valence-corrected chi connectivity index (χ3v) is 2.15. The lowest BCUT2D eigenvalue weighted by molar-refractivity contribution is -0.147. The minimum absolute atomic E-state index is 0.271. The Hall–Kier alpha value is -1.83. The van der Waals surface area contributed by atoms with Crippen LogP contribution in [0.1, 0.15) is 20.3 Å². The minimum Gasteiger partial charge on any atom is -0.480 e. The summed E-state index contributed by atoms with van der Waals surface area (Å²) in [5.41, 5.74) is 0. The van der Waals surface area contributed by atoms with Crippen molar-refractivity contribution in [2.75, 3.05) is 20.3 Å². The fourth-order valence-corrected chi connectivity index (χ4v) is 1.21. The highest BCUT2D eigenvalue weighted by Gasteiger charge is 2.24. The van der Waals surface area contributed by atoms with Crippen LogP contribution in [0.2, 0.25) is 0 Å². The largest absolute Gasteiger partial charge is 0.480 e. The first-order valence-electron chi connectivity index (χ1n) is 5.85. The molecule has 0 aromatic heterocycles. The number of carbonyl (C=O) groups excluding carboxylic acids is 2. The van der Waals surface area contributed by atoms with Gasteiger partial charge in [-0.2, -0.15) is 0 Å². The second kappa shape index (κ2) is 9.15. The molecule has 0 bridgehead atoms. The first-order chi connectivity index (χ1) is 8.90. The zero-order valence-corrected chi connectivity index (χ0v) is 11.3. The molecule has 0 aromatic rings. The van der Waals surface area contributed by atoms with E-state index in [0.717, 1.165) is 7.11 Å². The van der Waals surface area contributed by atoms with Crippen LogP contribution in [0.5, 0.6) is 0 Å². The summed E-state index contributed by atoms with van der Waals surface area (Å²) in [6.45, 7) is 4.38. The zero-order valence-electron chi connectivity index (χ0n) is 11.3. The summed E-state index contributed by atoms with van der Waals surface area (Å²) >= 11 is 0. The molecule has 0 spiro atoms. The molecule has 8 nitrogen and oxygen atoms in total. The number of carboxylic acids is 1. The fraction of sp³-hybridized carbons (Fsp3) is 0.727. The van der Waals surface area contributed by atoms with E-state index in [1.807, 2.05) is 6.92 Å². The monoisotopic (exact) mass is 276 g/mol. The molecule has 0 aliphatic heterocycles. The average Bonchev–Trinajstić information content (AvgIpc) is 2.34. The molecule has 2 amide bonds. The van der Waals surface area contributed by atoms with Gasteiger partial charge < -0.3 is 25.2 Å². The molecule has 2 atom stereocenters. The van der Waals surface area contributed by atoms with E-state index >= 15 is 0 Å². The van der Waals surface area contributed by atoms with Crippen molar-refractivity contribution < 1.29 is 29.0 Å². The van der Waals surface area contributed by atoms with Crippen LogP contribution in [0, 0.1) is 0 Å². The van der Waals surface area contributed by atoms with Crippen molar-refractivity contribution in [1.29, 1.82) is 0 Å². The molecule has 110 valence electrons. The van der Waals surface area contributed by atoms with Crippen LogP contribution >= 0.6 is 0 Å². The van der Waals surface area contributed by atoms with Gasteiger partial charge in [0.15, 0.2) is 0 Å². The van der Waals surface area contributed by atoms with Gasteiger partial charge in [0, 0.05) is 6.61 Å². The lowest BCUT2D eigenvalue weighted by Crippen LogP contribution is -2.50. The third-order valence-electron chi connectivity index (χ3n) is 2.15. The van der Waals surface area contributed by atoms with Crippen molar-refractivity contribution in [1.82, 2.24) is 10.6 Å². The van der Waals surface area contributed by atoms with Gasteiger partial charge in [-0.15, -0.1) is 0 Å². The number of esters is 1. The zero-order chi connectivity index (χ0) is 14.8. The van der Waals surface area contributed by atoms with E-state index in [2.05, 4.69) is 15.4 Å². The maximum atomic E-state index is 11.5. The van der Waals surface area contributed by atoms with E-state index in [1.54, 1.807) is 6.92 Å². The summed E-state index contributed by atoms with van der Waals surface area (Å²) in [6.07, 6.45) is -0.431. The summed E-state index contributed by atoms with van der Waals surface area (Å²) < 4.78 is 9.45. The molecule has 0 aliphatic rings. The Labute approximate surface area is 111 Å². The van der Waals surface area contributed by atoms with Crippen LogP contribution in [0.15, 0.2) is 0 Å². The summed E-state index contributed by atoms with van der Waals surface area (Å²) in [5.74, 6) is -2.02. The highest BCUT2D eigenvalue weighted by atomic mass is 16.5. The van der Waals surface area contributed by atoms with Crippen LogP contribution in [-0.2, 0) is 19.1 Å². The smallest absolute Gasteiger partial charge is 0.326 e. The molecular weight excluding hydrogens is 256 g/mol. The van der Waals surface area contributed by atoms with Crippen molar-refractivity contribution >= 4 is 18.0 Å². The number of carboxylic acid groups (broad SMARTS) is 1. The van der Waals surface area contributed by atoms with Crippen molar-refractivity contribution in [3.8, 4) is 0 Å². The van der Waals surface area contributed by atoms with E-state index in [0.29, 0.717) is 13.2 Å². The van der Waals surface area contributed by atoms with Gasteiger partial charge in [-0.3, -0.25) is 4.79 Å². The summed E-state index contributed by atoms with van der Waals surface area (Å²) in [4.78, 5) is 33.4. The van der Waals surface area contributed by atoms with E-state index in [9.17, 15) is 14.4 Å². The molecular formula is C11H20N2O6. The molecule has 0 aromatic carbocycles. The number of hydrogen-bond acceptors (Lipinski definition) is 5. The lowest BCUT2D eigenvalue weighted by Gasteiger charge is -2.17. The van der Waals surface area contributed by atoms with E-state index in [4.69, 9.17) is 9.84 Å². The van der Waals surface area contributed by atoms with Gasteiger partial charge in [0.05, 0.1) is 26.2 Å². The number of rotatable bonds is 8. The second-order valence-corrected chi connectivity index (χ2v) is 3.85. The van der Waals surface area contributed by atoms with Gasteiger partial charge in [0.25, 0.3) is 0 Å². The number of ether oxygens (including phenoxy) is 2. The van der Waals surface area contributed by atoms with Crippen molar-refractivity contribution in [3.63, 3.8) is 0 Å². The number of nitrogens with one attached hydrogen (secondary N) is 2. The normalized spacial score (nSPS) is 13.2. The van der Waals surface area contributed by atoms with Crippen LogP contribution in [0.25, 0.3) is 0 Å². The summed E-state index contributed by atoms with van der Waals surface area (Å²) in [6, 6.07) is -2.28. The molecule has 0 saturated carbocycles. The van der Waals surface area contributed by atoms with E-state index < -0.39 is 30.4 Å². The molecule has 0 fully saturated rings. The number of hydrogen-bond donors (Lipinski definition) is 3. The van der Waals surface area contributed by atoms with Crippen LogP contribution in [-0.4, -0.2) is 55.5 Å². The van der Waals surface area contributed by atoms with Gasteiger partial charge in [-0.25, -0.2) is 9.59 Å². The van der Waals surface area contributed by atoms with Gasteiger partial charge in [0.1, 0.15) is 6.04 Å². The molecule has 0 heterocycles. The number of carbonyl (C=O) groups is 3. The first kappa shape index (κ1) is 17.2. The molecule has 0 rings (SSSR count). The molecule has 0 radical (unpaired) electrons.